The van der Waals surface area contributed by atoms with Gasteiger partial charge in [0.15, 0.2) is 0 Å². The zero-order valence-electron chi connectivity index (χ0n) is 18.3. The monoisotopic (exact) mass is 368 g/mol. The Morgan fingerprint density at radius 3 is 1.65 bits per heavy atom. The highest BCUT2D eigenvalue weighted by molar-refractivity contribution is 5.69. The molecule has 0 fully saturated rings. The number of hydrogen-bond acceptors (Lipinski definition) is 2. The van der Waals surface area contributed by atoms with Gasteiger partial charge in [0.25, 0.3) is 0 Å². The van der Waals surface area contributed by atoms with E-state index >= 15 is 0 Å². The molecule has 0 aromatic carbocycles. The van der Waals surface area contributed by atoms with Crippen LogP contribution in [0.25, 0.3) is 0 Å². The number of hydrogen-bond donors (Lipinski definition) is 0. The van der Waals surface area contributed by atoms with Crippen LogP contribution in [0, 0.1) is 5.92 Å². The third kappa shape index (κ3) is 21.5. The molecule has 156 valence electrons. The molecule has 2 heteroatoms. The van der Waals surface area contributed by atoms with Gasteiger partial charge in [-0.3, -0.25) is 4.79 Å². The maximum Gasteiger partial charge on any atom is 0.305 e. The lowest BCUT2D eigenvalue weighted by atomic mass is 10.0. The Bertz CT molecular complexity index is 286. The van der Waals surface area contributed by atoms with Crippen molar-refractivity contribution in [3.8, 4) is 0 Å². The maximum atomic E-state index is 11.7. The zero-order chi connectivity index (χ0) is 19.3. The van der Waals surface area contributed by atoms with Crippen LogP contribution in [0.3, 0.4) is 0 Å². The fraction of sp³-hybridized carbons (Fsp3) is 0.958. The van der Waals surface area contributed by atoms with E-state index in [2.05, 4.69) is 20.8 Å². The first-order valence-electron chi connectivity index (χ1n) is 11.8. The Labute approximate surface area is 164 Å². The van der Waals surface area contributed by atoms with E-state index in [-0.39, 0.29) is 5.97 Å². The molecule has 0 radical (unpaired) electrons. The molecular weight excluding hydrogens is 320 g/mol. The van der Waals surface area contributed by atoms with Gasteiger partial charge in [-0.1, -0.05) is 117 Å². The van der Waals surface area contributed by atoms with Crippen molar-refractivity contribution in [1.82, 2.24) is 0 Å². The van der Waals surface area contributed by atoms with E-state index in [0.717, 1.165) is 18.8 Å². The van der Waals surface area contributed by atoms with Crippen molar-refractivity contribution in [3.63, 3.8) is 0 Å². The molecule has 0 rings (SSSR count). The van der Waals surface area contributed by atoms with Gasteiger partial charge in [0, 0.05) is 6.42 Å². The summed E-state index contributed by atoms with van der Waals surface area (Å²) in [5.74, 6) is 0.812. The molecule has 2 nitrogen and oxygen atoms in total. The Kier molecular flexibility index (Phi) is 20.4. The van der Waals surface area contributed by atoms with Crippen LogP contribution in [0.1, 0.15) is 136 Å². The summed E-state index contributed by atoms with van der Waals surface area (Å²) in [6.45, 7) is 7.44. The summed E-state index contributed by atoms with van der Waals surface area (Å²) in [4.78, 5) is 11.7. The summed E-state index contributed by atoms with van der Waals surface area (Å²) in [7, 11) is 0. The lowest BCUT2D eigenvalue weighted by Crippen LogP contribution is -2.05. The first-order chi connectivity index (χ1) is 12.7. The molecule has 0 aliphatic rings. The second-order valence-corrected chi connectivity index (χ2v) is 8.46. The number of ether oxygens (including phenoxy) is 1. The summed E-state index contributed by atoms with van der Waals surface area (Å²) in [6, 6.07) is 0. The first kappa shape index (κ1) is 25.5. The maximum absolute atomic E-state index is 11.7. The van der Waals surface area contributed by atoms with E-state index in [9.17, 15) is 4.79 Å². The highest BCUT2D eigenvalue weighted by Gasteiger charge is 2.03. The van der Waals surface area contributed by atoms with Crippen molar-refractivity contribution in [3.05, 3.63) is 0 Å². The molecule has 0 bridgehead atoms. The van der Waals surface area contributed by atoms with Gasteiger partial charge >= 0.3 is 5.97 Å². The molecule has 0 aromatic heterocycles. The summed E-state index contributed by atoms with van der Waals surface area (Å²) in [6.07, 6.45) is 22.7. The molecule has 0 heterocycles. The number of unbranched alkanes of at least 4 members (excludes halogenated alkanes) is 14. The number of rotatable bonds is 20. The van der Waals surface area contributed by atoms with Crippen LogP contribution in [0.4, 0.5) is 0 Å². The average molecular weight is 369 g/mol. The lowest BCUT2D eigenvalue weighted by molar-refractivity contribution is -0.143. The van der Waals surface area contributed by atoms with Crippen LogP contribution < -0.4 is 0 Å². The van der Waals surface area contributed by atoms with E-state index in [1.165, 1.54) is 96.3 Å². The minimum atomic E-state index is 0.0110. The van der Waals surface area contributed by atoms with Gasteiger partial charge in [0.1, 0.15) is 0 Å². The van der Waals surface area contributed by atoms with E-state index in [1.54, 1.807) is 0 Å². The molecule has 0 aromatic rings. The summed E-state index contributed by atoms with van der Waals surface area (Å²) in [5, 5.41) is 0. The van der Waals surface area contributed by atoms with Crippen molar-refractivity contribution in [2.45, 2.75) is 136 Å². The molecule has 0 saturated carbocycles. The van der Waals surface area contributed by atoms with Crippen LogP contribution in [-0.4, -0.2) is 12.6 Å². The standard InChI is InChI=1S/C24H48O2/c1-4-5-6-7-8-9-10-11-12-13-16-19-22-26-24(25)21-18-15-14-17-20-23(2)3/h23H,4-22H2,1-3H3. The predicted octanol–water partition coefficient (Wildman–Crippen LogP) is 8.23. The van der Waals surface area contributed by atoms with Crippen LogP contribution in [0.5, 0.6) is 0 Å². The Morgan fingerprint density at radius 1 is 0.654 bits per heavy atom. The fourth-order valence-corrected chi connectivity index (χ4v) is 3.38. The van der Waals surface area contributed by atoms with Gasteiger partial charge in [0.2, 0.25) is 0 Å². The van der Waals surface area contributed by atoms with E-state index in [4.69, 9.17) is 4.74 Å². The van der Waals surface area contributed by atoms with Crippen molar-refractivity contribution in [1.29, 1.82) is 0 Å². The topological polar surface area (TPSA) is 26.3 Å². The summed E-state index contributed by atoms with van der Waals surface area (Å²) < 4.78 is 5.34. The van der Waals surface area contributed by atoms with Crippen LogP contribution in [0.2, 0.25) is 0 Å². The smallest absolute Gasteiger partial charge is 0.305 e. The average Bonchev–Trinajstić information content (AvgIpc) is 2.61. The molecule has 0 saturated heterocycles. The van der Waals surface area contributed by atoms with Crippen LogP contribution in [-0.2, 0) is 9.53 Å². The van der Waals surface area contributed by atoms with Crippen LogP contribution in [0.15, 0.2) is 0 Å². The Morgan fingerprint density at radius 2 is 1.12 bits per heavy atom. The van der Waals surface area contributed by atoms with E-state index in [1.807, 2.05) is 0 Å². The van der Waals surface area contributed by atoms with E-state index in [0.29, 0.717) is 13.0 Å². The second kappa shape index (κ2) is 20.8. The molecule has 0 unspecified atom stereocenters. The number of carbonyl (C=O) groups is 1. The highest BCUT2D eigenvalue weighted by Crippen LogP contribution is 2.13. The van der Waals surface area contributed by atoms with Gasteiger partial charge in [-0.25, -0.2) is 0 Å². The molecule has 0 aliphatic carbocycles. The van der Waals surface area contributed by atoms with Crippen molar-refractivity contribution < 1.29 is 9.53 Å². The summed E-state index contributed by atoms with van der Waals surface area (Å²) in [5.41, 5.74) is 0. The molecular formula is C24H48O2. The van der Waals surface area contributed by atoms with E-state index < -0.39 is 0 Å². The van der Waals surface area contributed by atoms with Crippen molar-refractivity contribution in [2.24, 2.45) is 5.92 Å². The van der Waals surface area contributed by atoms with Gasteiger partial charge in [-0.05, 0) is 18.8 Å². The van der Waals surface area contributed by atoms with Gasteiger partial charge < -0.3 is 4.74 Å². The lowest BCUT2D eigenvalue weighted by Gasteiger charge is -2.06. The molecule has 0 N–H and O–H groups in total. The zero-order valence-corrected chi connectivity index (χ0v) is 18.3. The molecule has 0 atom stereocenters. The Hall–Kier alpha value is -0.530. The third-order valence-electron chi connectivity index (χ3n) is 5.17. The first-order valence-corrected chi connectivity index (χ1v) is 11.8. The van der Waals surface area contributed by atoms with Gasteiger partial charge in [0.05, 0.1) is 6.61 Å². The largest absolute Gasteiger partial charge is 0.466 e. The number of carbonyl (C=O) groups excluding carboxylic acids is 1. The highest BCUT2D eigenvalue weighted by atomic mass is 16.5. The molecule has 0 aliphatic heterocycles. The third-order valence-corrected chi connectivity index (χ3v) is 5.17. The molecule has 0 spiro atoms. The molecule has 0 amide bonds. The molecule has 26 heavy (non-hydrogen) atoms. The normalized spacial score (nSPS) is 11.2. The number of esters is 1. The minimum absolute atomic E-state index is 0.0110. The van der Waals surface area contributed by atoms with Crippen molar-refractivity contribution >= 4 is 5.97 Å². The minimum Gasteiger partial charge on any atom is -0.466 e. The summed E-state index contributed by atoms with van der Waals surface area (Å²) >= 11 is 0. The quantitative estimate of drug-likeness (QED) is 0.160. The van der Waals surface area contributed by atoms with Crippen molar-refractivity contribution in [2.75, 3.05) is 6.61 Å². The van der Waals surface area contributed by atoms with Gasteiger partial charge in [-0.15, -0.1) is 0 Å². The van der Waals surface area contributed by atoms with Crippen LogP contribution >= 0.6 is 0 Å². The Balaban J connectivity index is 3.14. The van der Waals surface area contributed by atoms with Gasteiger partial charge in [-0.2, -0.15) is 0 Å². The predicted molar refractivity (Wildman–Crippen MR) is 115 cm³/mol. The SMILES string of the molecule is CCCCCCCCCCCCCCOC(=O)CCCCCCC(C)C. The second-order valence-electron chi connectivity index (χ2n) is 8.46. The fourth-order valence-electron chi connectivity index (χ4n) is 3.38.